The molecule has 0 fully saturated rings. The van der Waals surface area contributed by atoms with Crippen LogP contribution in [0.3, 0.4) is 0 Å². The summed E-state index contributed by atoms with van der Waals surface area (Å²) in [5.41, 5.74) is 9.14. The van der Waals surface area contributed by atoms with Crippen LogP contribution in [0.4, 0.5) is 22.7 Å². The van der Waals surface area contributed by atoms with Crippen LogP contribution in [0.1, 0.15) is 49.9 Å². The van der Waals surface area contributed by atoms with E-state index in [0.717, 1.165) is 45.2 Å². The first-order valence-corrected chi connectivity index (χ1v) is 15.2. The quantitative estimate of drug-likeness (QED) is 0.106. The number of allylic oxidation sites excluding steroid dienone is 3. The molecular formula is C39H41N4O2+. The number of hydrogen-bond acceptors (Lipinski definition) is 5. The molecule has 4 aromatic rings. The lowest BCUT2D eigenvalue weighted by molar-refractivity contribution is 0.0693. The molecule has 0 saturated heterocycles. The van der Waals surface area contributed by atoms with Gasteiger partial charge in [0.25, 0.3) is 11.8 Å². The summed E-state index contributed by atoms with van der Waals surface area (Å²) in [7, 11) is 9.71. The summed E-state index contributed by atoms with van der Waals surface area (Å²) in [5, 5.41) is 0. The van der Waals surface area contributed by atoms with E-state index < -0.39 is 0 Å². The molecule has 1 heterocycles. The highest BCUT2D eigenvalue weighted by atomic mass is 16.2. The molecule has 6 heteroatoms. The molecule has 0 bridgehead atoms. The van der Waals surface area contributed by atoms with Crippen LogP contribution in [0.25, 0.3) is 6.08 Å². The Balaban J connectivity index is 1.46. The van der Waals surface area contributed by atoms with Gasteiger partial charge in [-0.3, -0.25) is 14.5 Å². The van der Waals surface area contributed by atoms with E-state index in [0.29, 0.717) is 17.7 Å². The van der Waals surface area contributed by atoms with Gasteiger partial charge < -0.3 is 14.7 Å². The number of rotatable bonds is 10. The van der Waals surface area contributed by atoms with Gasteiger partial charge in [-0.25, -0.2) is 0 Å². The molecule has 0 unspecified atom stereocenters. The van der Waals surface area contributed by atoms with Gasteiger partial charge in [-0.05, 0) is 110 Å². The number of carbonyl (C=O) groups is 2. The van der Waals surface area contributed by atoms with Gasteiger partial charge in [0.1, 0.15) is 0 Å². The lowest BCUT2D eigenvalue weighted by Gasteiger charge is -2.25. The Kier molecular flexibility index (Phi) is 9.14. The first-order chi connectivity index (χ1) is 21.6. The van der Waals surface area contributed by atoms with Gasteiger partial charge in [0.05, 0.1) is 39.5 Å². The molecule has 0 atom stereocenters. The molecule has 1 aliphatic rings. The predicted molar refractivity (Wildman–Crippen MR) is 188 cm³/mol. The SMILES string of the molecule is CCN(c1ccc([C+](C=CC=Cc2ccc(N(C)C)cc2)c2ccc(N(C)C)cc2)cc1)c1ccc(C)c2c1C(=O)N(C)C2=O. The maximum atomic E-state index is 13.1. The number of hydrogen-bond donors (Lipinski definition) is 0. The van der Waals surface area contributed by atoms with Crippen LogP contribution >= 0.6 is 0 Å². The molecule has 0 saturated carbocycles. The minimum Gasteiger partial charge on any atom is -0.378 e. The molecule has 1 aliphatic heterocycles. The molecular weight excluding hydrogens is 556 g/mol. The van der Waals surface area contributed by atoms with E-state index >= 15 is 0 Å². The number of amides is 2. The Morgan fingerprint density at radius 2 is 1.18 bits per heavy atom. The fourth-order valence-electron chi connectivity index (χ4n) is 5.65. The van der Waals surface area contributed by atoms with E-state index in [2.05, 4.69) is 119 Å². The topological polar surface area (TPSA) is 47.1 Å². The normalized spacial score (nSPS) is 12.7. The third-order valence-corrected chi connectivity index (χ3v) is 8.29. The van der Waals surface area contributed by atoms with E-state index in [1.807, 2.05) is 47.2 Å². The van der Waals surface area contributed by atoms with Gasteiger partial charge in [0, 0.05) is 59.2 Å². The maximum Gasteiger partial charge on any atom is 0.263 e. The molecule has 0 aromatic heterocycles. The number of carbonyl (C=O) groups excluding carboxylic acids is 2. The lowest BCUT2D eigenvalue weighted by atomic mass is 9.90. The predicted octanol–water partition coefficient (Wildman–Crippen LogP) is 7.75. The highest BCUT2D eigenvalue weighted by molar-refractivity contribution is 6.24. The van der Waals surface area contributed by atoms with Crippen molar-refractivity contribution in [2.75, 3.05) is 56.5 Å². The van der Waals surface area contributed by atoms with E-state index in [1.165, 1.54) is 10.6 Å². The Morgan fingerprint density at radius 3 is 1.71 bits per heavy atom. The van der Waals surface area contributed by atoms with Crippen molar-refractivity contribution in [3.63, 3.8) is 0 Å². The molecule has 5 rings (SSSR count). The summed E-state index contributed by atoms with van der Waals surface area (Å²) < 4.78 is 0. The Labute approximate surface area is 267 Å². The number of nitrogens with zero attached hydrogens (tertiary/aromatic N) is 4. The number of imide groups is 1. The minimum absolute atomic E-state index is 0.244. The monoisotopic (exact) mass is 597 g/mol. The van der Waals surface area contributed by atoms with Crippen LogP contribution < -0.4 is 14.7 Å². The zero-order chi connectivity index (χ0) is 32.2. The minimum atomic E-state index is -0.257. The second-order valence-corrected chi connectivity index (χ2v) is 11.7. The van der Waals surface area contributed by atoms with Gasteiger partial charge in [0.15, 0.2) is 0 Å². The largest absolute Gasteiger partial charge is 0.378 e. The summed E-state index contributed by atoms with van der Waals surface area (Å²) >= 11 is 0. The second-order valence-electron chi connectivity index (χ2n) is 11.7. The second kappa shape index (κ2) is 13.2. The number of benzene rings is 4. The third kappa shape index (κ3) is 6.36. The number of fused-ring (bicyclic) bond motifs is 1. The molecule has 0 radical (unpaired) electrons. The summed E-state index contributed by atoms with van der Waals surface area (Å²) in [5.74, 6) is 0.597. The molecule has 6 nitrogen and oxygen atoms in total. The van der Waals surface area contributed by atoms with Crippen LogP contribution in [-0.2, 0) is 0 Å². The molecule has 45 heavy (non-hydrogen) atoms. The highest BCUT2D eigenvalue weighted by Gasteiger charge is 2.37. The van der Waals surface area contributed by atoms with E-state index in [9.17, 15) is 9.59 Å². The first-order valence-electron chi connectivity index (χ1n) is 15.2. The van der Waals surface area contributed by atoms with Crippen LogP contribution in [-0.4, -0.2) is 58.5 Å². The molecule has 2 amide bonds. The Bertz CT molecular complexity index is 1730. The molecule has 4 aromatic carbocycles. The fourth-order valence-corrected chi connectivity index (χ4v) is 5.65. The zero-order valence-corrected chi connectivity index (χ0v) is 27.2. The summed E-state index contributed by atoms with van der Waals surface area (Å²) in [6, 6.07) is 29.3. The van der Waals surface area contributed by atoms with Crippen molar-refractivity contribution in [3.8, 4) is 0 Å². The Hall–Kier alpha value is -5.23. The first kappa shape index (κ1) is 31.2. The van der Waals surface area contributed by atoms with Crippen molar-refractivity contribution in [3.05, 3.63) is 142 Å². The van der Waals surface area contributed by atoms with Crippen molar-refractivity contribution < 1.29 is 9.59 Å². The lowest BCUT2D eigenvalue weighted by Crippen LogP contribution is -2.25. The Morgan fingerprint density at radius 1 is 0.667 bits per heavy atom. The van der Waals surface area contributed by atoms with Gasteiger partial charge in [-0.2, -0.15) is 0 Å². The zero-order valence-electron chi connectivity index (χ0n) is 27.2. The van der Waals surface area contributed by atoms with Crippen molar-refractivity contribution in [2.24, 2.45) is 0 Å². The molecule has 0 spiro atoms. The number of aryl methyl sites for hydroxylation is 1. The van der Waals surface area contributed by atoms with Gasteiger partial charge >= 0.3 is 0 Å². The average Bonchev–Trinajstić information content (AvgIpc) is 3.27. The average molecular weight is 598 g/mol. The molecule has 0 aliphatic carbocycles. The van der Waals surface area contributed by atoms with Gasteiger partial charge in [0.2, 0.25) is 0 Å². The van der Waals surface area contributed by atoms with Gasteiger partial charge in [-0.1, -0.05) is 18.2 Å². The van der Waals surface area contributed by atoms with E-state index in [1.54, 1.807) is 7.05 Å². The van der Waals surface area contributed by atoms with Crippen LogP contribution in [0.2, 0.25) is 0 Å². The van der Waals surface area contributed by atoms with E-state index in [4.69, 9.17) is 0 Å². The third-order valence-electron chi connectivity index (χ3n) is 8.29. The summed E-state index contributed by atoms with van der Waals surface area (Å²) in [6.45, 7) is 4.57. The van der Waals surface area contributed by atoms with Crippen LogP contribution in [0, 0.1) is 12.8 Å². The standard InChI is InChI=1S/C39H41N4O2/c1-8-43(35-26-13-27(2)36-37(35)39(45)42(7)38(36)44)33-24-18-30(19-25-33)34(29-16-22-32(23-17-29)41(5)6)12-10-9-11-28-14-20-31(21-15-28)40(3)4/h9-26H,8H2,1-7H3/q+1. The summed E-state index contributed by atoms with van der Waals surface area (Å²) in [6.07, 6.45) is 8.40. The van der Waals surface area contributed by atoms with Crippen molar-refractivity contribution in [1.29, 1.82) is 0 Å². The van der Waals surface area contributed by atoms with Crippen molar-refractivity contribution in [2.45, 2.75) is 13.8 Å². The van der Waals surface area contributed by atoms with Crippen LogP contribution in [0.15, 0.2) is 103 Å². The van der Waals surface area contributed by atoms with Crippen LogP contribution in [0.5, 0.6) is 0 Å². The summed E-state index contributed by atoms with van der Waals surface area (Å²) in [4.78, 5) is 33.4. The molecule has 0 N–H and O–H groups in total. The fraction of sp³-hybridized carbons (Fsp3) is 0.205. The van der Waals surface area contributed by atoms with Gasteiger partial charge in [-0.15, -0.1) is 0 Å². The van der Waals surface area contributed by atoms with Crippen molar-refractivity contribution >= 4 is 40.6 Å². The van der Waals surface area contributed by atoms with Crippen molar-refractivity contribution in [1.82, 2.24) is 4.90 Å². The van der Waals surface area contributed by atoms with E-state index in [-0.39, 0.29) is 11.8 Å². The maximum absolute atomic E-state index is 13.1. The smallest absolute Gasteiger partial charge is 0.263 e. The molecule has 228 valence electrons. The number of anilines is 4. The highest BCUT2D eigenvalue weighted by Crippen LogP contribution is 2.37.